The van der Waals surface area contributed by atoms with Crippen molar-refractivity contribution in [3.8, 4) is 0 Å². The molecule has 0 unspecified atom stereocenters. The van der Waals surface area contributed by atoms with Crippen LogP contribution in [-0.4, -0.2) is 43.8 Å². The summed E-state index contributed by atoms with van der Waals surface area (Å²) in [5, 5.41) is 3.78. The van der Waals surface area contributed by atoms with E-state index in [0.29, 0.717) is 15.6 Å². The van der Waals surface area contributed by atoms with Gasteiger partial charge in [-0.15, -0.1) is 0 Å². The molecule has 0 bridgehead atoms. The maximum Gasteiger partial charge on any atom is 0.264 e. The summed E-state index contributed by atoms with van der Waals surface area (Å²) in [6.07, 6.45) is 4.95. The van der Waals surface area contributed by atoms with Gasteiger partial charge in [-0.1, -0.05) is 97.1 Å². The minimum Gasteiger partial charge on any atom is -0.352 e. The quantitative estimate of drug-likeness (QED) is 0.167. The van der Waals surface area contributed by atoms with Crippen molar-refractivity contribution in [2.45, 2.75) is 62.0 Å². The predicted octanol–water partition coefficient (Wildman–Crippen LogP) is 7.42. The Labute approximate surface area is 285 Å². The molecule has 0 aliphatic heterocycles. The van der Waals surface area contributed by atoms with Crippen molar-refractivity contribution in [2.75, 3.05) is 10.8 Å². The molecule has 0 heterocycles. The lowest BCUT2D eigenvalue weighted by Gasteiger charge is -2.35. The fourth-order valence-corrected chi connectivity index (χ4v) is 7.74. The summed E-state index contributed by atoms with van der Waals surface area (Å²) in [5.41, 5.74) is 1.48. The van der Waals surface area contributed by atoms with E-state index >= 15 is 0 Å². The minimum absolute atomic E-state index is 0.0324. The molecule has 0 saturated heterocycles. The zero-order valence-corrected chi connectivity index (χ0v) is 28.0. The fourth-order valence-electron chi connectivity index (χ4n) is 5.81. The van der Waals surface area contributed by atoms with E-state index < -0.39 is 34.3 Å². The van der Waals surface area contributed by atoms with E-state index in [1.807, 2.05) is 30.3 Å². The smallest absolute Gasteiger partial charge is 0.264 e. The predicted molar refractivity (Wildman–Crippen MR) is 183 cm³/mol. The molecule has 0 spiro atoms. The first-order chi connectivity index (χ1) is 22.6. The SMILES string of the molecule is O=C(NC1CCCCC1)[C@H](Cc1ccccc1)N(Cc1c(Cl)cccc1Cl)C(=O)CN(c1ccccc1)S(=O)(=O)c1ccc(F)cc1. The molecule has 1 saturated carbocycles. The van der Waals surface area contributed by atoms with E-state index in [0.717, 1.165) is 66.2 Å². The number of benzene rings is 4. The van der Waals surface area contributed by atoms with Crippen LogP contribution < -0.4 is 9.62 Å². The zero-order chi connectivity index (χ0) is 33.4. The van der Waals surface area contributed by atoms with Crippen LogP contribution in [0.1, 0.15) is 43.2 Å². The van der Waals surface area contributed by atoms with Crippen LogP contribution in [-0.2, 0) is 32.6 Å². The molecule has 246 valence electrons. The molecule has 7 nitrogen and oxygen atoms in total. The third kappa shape index (κ3) is 8.71. The lowest BCUT2D eigenvalue weighted by Crippen LogP contribution is -2.55. The number of hydrogen-bond donors (Lipinski definition) is 1. The Morgan fingerprint density at radius 3 is 2.02 bits per heavy atom. The number of anilines is 1. The monoisotopic (exact) mass is 695 g/mol. The average molecular weight is 697 g/mol. The van der Waals surface area contributed by atoms with Crippen LogP contribution in [0.3, 0.4) is 0 Å². The highest BCUT2D eigenvalue weighted by Gasteiger charge is 2.36. The summed E-state index contributed by atoms with van der Waals surface area (Å²) in [7, 11) is -4.35. The molecule has 5 rings (SSSR count). The van der Waals surface area contributed by atoms with Gasteiger partial charge in [-0.05, 0) is 66.9 Å². The summed E-state index contributed by atoms with van der Waals surface area (Å²) in [4.78, 5) is 30.0. The largest absolute Gasteiger partial charge is 0.352 e. The Bertz CT molecular complexity index is 1750. The molecule has 1 N–H and O–H groups in total. The molecule has 0 aromatic heterocycles. The van der Waals surface area contributed by atoms with E-state index in [1.54, 1.807) is 48.5 Å². The van der Waals surface area contributed by atoms with Gasteiger partial charge >= 0.3 is 0 Å². The molecular weight excluding hydrogens is 660 g/mol. The molecule has 11 heteroatoms. The van der Waals surface area contributed by atoms with E-state index in [9.17, 15) is 22.4 Å². The molecule has 4 aromatic rings. The van der Waals surface area contributed by atoms with E-state index in [4.69, 9.17) is 23.2 Å². The van der Waals surface area contributed by atoms with Gasteiger partial charge in [-0.2, -0.15) is 0 Å². The second-order valence-corrected chi connectivity index (χ2v) is 14.2. The molecule has 1 aliphatic rings. The van der Waals surface area contributed by atoms with Crippen LogP contribution in [0, 0.1) is 5.82 Å². The Balaban J connectivity index is 1.58. The number of halogens is 3. The van der Waals surface area contributed by atoms with Crippen molar-refractivity contribution in [2.24, 2.45) is 0 Å². The standard InChI is InChI=1S/C36H36Cl2FN3O4S/c37-32-17-10-18-33(38)31(32)24-41(34(23-26-11-4-1-5-12-26)36(44)40-28-13-6-2-7-14-28)35(43)25-42(29-15-8-3-9-16-29)47(45,46)30-21-19-27(39)20-22-30/h1,3-5,8-12,15-22,28,34H,2,6-7,13-14,23-25H2,(H,40,44)/t34-/m0/s1. The number of amides is 2. The van der Waals surface area contributed by atoms with Crippen LogP contribution in [0.15, 0.2) is 108 Å². The normalized spacial score (nSPS) is 14.3. The van der Waals surface area contributed by atoms with Gasteiger partial charge in [0.25, 0.3) is 10.0 Å². The first kappa shape index (κ1) is 34.4. The third-order valence-electron chi connectivity index (χ3n) is 8.34. The zero-order valence-electron chi connectivity index (χ0n) is 25.7. The molecular formula is C36H36Cl2FN3O4S. The molecule has 0 radical (unpaired) electrons. The Morgan fingerprint density at radius 1 is 0.809 bits per heavy atom. The van der Waals surface area contributed by atoms with E-state index in [2.05, 4.69) is 5.32 Å². The summed E-state index contributed by atoms with van der Waals surface area (Å²) in [6.45, 7) is -0.792. The maximum absolute atomic E-state index is 14.6. The van der Waals surface area contributed by atoms with Crippen LogP contribution in [0.5, 0.6) is 0 Å². The van der Waals surface area contributed by atoms with Crippen LogP contribution in [0.4, 0.5) is 10.1 Å². The van der Waals surface area contributed by atoms with Crippen molar-refractivity contribution in [1.82, 2.24) is 10.2 Å². The number of hydrogen-bond acceptors (Lipinski definition) is 4. The Hall–Kier alpha value is -3.92. The van der Waals surface area contributed by atoms with Crippen molar-refractivity contribution in [3.63, 3.8) is 0 Å². The average Bonchev–Trinajstić information content (AvgIpc) is 3.07. The van der Waals surface area contributed by atoms with Crippen molar-refractivity contribution in [3.05, 3.63) is 130 Å². The van der Waals surface area contributed by atoms with Gasteiger partial charge in [0.2, 0.25) is 11.8 Å². The summed E-state index contributed by atoms with van der Waals surface area (Å²) < 4.78 is 42.8. The number of sulfonamides is 1. The molecule has 47 heavy (non-hydrogen) atoms. The Kier molecular flexibility index (Phi) is 11.6. The van der Waals surface area contributed by atoms with Crippen LogP contribution in [0.25, 0.3) is 0 Å². The minimum atomic E-state index is -4.35. The highest BCUT2D eigenvalue weighted by Crippen LogP contribution is 2.29. The number of nitrogens with one attached hydrogen (secondary N) is 1. The van der Waals surface area contributed by atoms with Crippen molar-refractivity contribution >= 4 is 50.7 Å². The molecule has 2 amide bonds. The molecule has 1 atom stereocenters. The second-order valence-electron chi connectivity index (χ2n) is 11.6. The topological polar surface area (TPSA) is 86.8 Å². The number of rotatable bonds is 12. The molecule has 1 aliphatic carbocycles. The van der Waals surface area contributed by atoms with Gasteiger partial charge in [0.1, 0.15) is 18.4 Å². The maximum atomic E-state index is 14.6. The van der Waals surface area contributed by atoms with Gasteiger partial charge < -0.3 is 10.2 Å². The van der Waals surface area contributed by atoms with Crippen molar-refractivity contribution in [1.29, 1.82) is 0 Å². The van der Waals surface area contributed by atoms with Crippen LogP contribution in [0.2, 0.25) is 10.0 Å². The van der Waals surface area contributed by atoms with Gasteiger partial charge in [0.05, 0.1) is 10.6 Å². The summed E-state index contributed by atoms with van der Waals surface area (Å²) in [6, 6.07) is 25.8. The van der Waals surface area contributed by atoms with Crippen molar-refractivity contribution < 1.29 is 22.4 Å². The third-order valence-corrected chi connectivity index (χ3v) is 10.8. The van der Waals surface area contributed by atoms with Gasteiger partial charge in [0, 0.05) is 34.6 Å². The van der Waals surface area contributed by atoms with Gasteiger partial charge in [-0.3, -0.25) is 13.9 Å². The number of nitrogens with zero attached hydrogens (tertiary/aromatic N) is 2. The van der Waals surface area contributed by atoms with Gasteiger partial charge in [0.15, 0.2) is 0 Å². The highest BCUT2D eigenvalue weighted by molar-refractivity contribution is 7.92. The lowest BCUT2D eigenvalue weighted by molar-refractivity contribution is -0.140. The Morgan fingerprint density at radius 2 is 1.40 bits per heavy atom. The van der Waals surface area contributed by atoms with Gasteiger partial charge in [-0.25, -0.2) is 12.8 Å². The van der Waals surface area contributed by atoms with Crippen LogP contribution >= 0.6 is 23.2 Å². The first-order valence-corrected chi connectivity index (χ1v) is 17.7. The molecule has 4 aromatic carbocycles. The summed E-state index contributed by atoms with van der Waals surface area (Å²) in [5.74, 6) is -1.58. The second kappa shape index (κ2) is 15.8. The molecule has 1 fully saturated rings. The van der Waals surface area contributed by atoms with E-state index in [1.165, 1.54) is 4.90 Å². The number of carbonyl (C=O) groups excluding carboxylic acids is 2. The number of carbonyl (C=O) groups is 2. The van der Waals surface area contributed by atoms with E-state index in [-0.39, 0.29) is 35.5 Å². The highest BCUT2D eigenvalue weighted by atomic mass is 35.5. The fraction of sp³-hybridized carbons (Fsp3) is 0.278. The lowest BCUT2D eigenvalue weighted by atomic mass is 9.94. The number of para-hydroxylation sites is 1. The first-order valence-electron chi connectivity index (χ1n) is 15.5. The summed E-state index contributed by atoms with van der Waals surface area (Å²) >= 11 is 13.2.